The summed E-state index contributed by atoms with van der Waals surface area (Å²) in [6.07, 6.45) is 4.43. The number of nitrogens with one attached hydrogen (secondary N) is 1. The maximum absolute atomic E-state index is 6.08. The second kappa shape index (κ2) is 6.25. The summed E-state index contributed by atoms with van der Waals surface area (Å²) >= 11 is 0. The van der Waals surface area contributed by atoms with Crippen LogP contribution in [0.15, 0.2) is 42.6 Å². The Morgan fingerprint density at radius 1 is 1.04 bits per heavy atom. The molecule has 132 valence electrons. The summed E-state index contributed by atoms with van der Waals surface area (Å²) in [6, 6.07) is 12.8. The van der Waals surface area contributed by atoms with Crippen LogP contribution < -0.4 is 16.0 Å². The Kier molecular flexibility index (Phi) is 3.75. The van der Waals surface area contributed by atoms with Crippen LogP contribution in [0.2, 0.25) is 0 Å². The molecule has 0 amide bonds. The third-order valence-corrected chi connectivity index (χ3v) is 5.37. The Balaban J connectivity index is 1.61. The first kappa shape index (κ1) is 15.6. The highest BCUT2D eigenvalue weighted by molar-refractivity contribution is 5.95. The normalized spacial score (nSPS) is 17.6. The molecule has 3 heterocycles. The number of hydrogen-bond donors (Lipinski definition) is 2. The minimum atomic E-state index is 0.609. The van der Waals surface area contributed by atoms with Gasteiger partial charge in [-0.25, -0.2) is 9.97 Å². The topological polar surface area (TPSA) is 67.1 Å². The van der Waals surface area contributed by atoms with Crippen LogP contribution in [-0.4, -0.2) is 36.1 Å². The van der Waals surface area contributed by atoms with Gasteiger partial charge in [0.1, 0.15) is 11.6 Å². The molecular formula is C21H23N5. The third-order valence-electron chi connectivity index (χ3n) is 5.37. The van der Waals surface area contributed by atoms with Crippen molar-refractivity contribution in [3.8, 4) is 11.3 Å². The van der Waals surface area contributed by atoms with Gasteiger partial charge in [0.2, 0.25) is 0 Å². The minimum Gasteiger partial charge on any atom is -0.384 e. The Morgan fingerprint density at radius 3 is 2.69 bits per heavy atom. The van der Waals surface area contributed by atoms with E-state index in [1.807, 2.05) is 12.3 Å². The first-order chi connectivity index (χ1) is 12.8. The van der Waals surface area contributed by atoms with E-state index in [9.17, 15) is 0 Å². The van der Waals surface area contributed by atoms with E-state index in [0.29, 0.717) is 11.7 Å². The molecule has 1 aromatic carbocycles. The zero-order chi connectivity index (χ0) is 17.5. The summed E-state index contributed by atoms with van der Waals surface area (Å²) in [4.78, 5) is 11.7. The molecule has 0 atom stereocenters. The summed E-state index contributed by atoms with van der Waals surface area (Å²) < 4.78 is 0. The largest absolute Gasteiger partial charge is 0.384 e. The molecule has 1 saturated heterocycles. The van der Waals surface area contributed by atoms with E-state index in [1.165, 1.54) is 29.2 Å². The van der Waals surface area contributed by atoms with E-state index < -0.39 is 0 Å². The van der Waals surface area contributed by atoms with E-state index in [1.54, 1.807) is 0 Å². The van der Waals surface area contributed by atoms with E-state index in [0.717, 1.165) is 43.3 Å². The summed E-state index contributed by atoms with van der Waals surface area (Å²) in [5.74, 6) is 2.34. The number of fused-ring (bicyclic) bond motifs is 1. The summed E-state index contributed by atoms with van der Waals surface area (Å²) in [5.41, 5.74) is 9.47. The number of piperazine rings is 1. The first-order valence-electron chi connectivity index (χ1n) is 9.40. The molecule has 3 aromatic rings. The van der Waals surface area contributed by atoms with Crippen LogP contribution in [0, 0.1) is 0 Å². The SMILES string of the molecule is Nc1cc(C2CC2)cc(-c2ccc3ccnc(N4CCNCC4)c3c2)n1. The lowest BCUT2D eigenvalue weighted by Gasteiger charge is -2.29. The molecule has 2 fully saturated rings. The minimum absolute atomic E-state index is 0.609. The van der Waals surface area contributed by atoms with Gasteiger partial charge in [-0.05, 0) is 54.0 Å². The quantitative estimate of drug-likeness (QED) is 0.763. The van der Waals surface area contributed by atoms with Gasteiger partial charge in [0.05, 0.1) is 5.69 Å². The molecule has 5 nitrogen and oxygen atoms in total. The summed E-state index contributed by atoms with van der Waals surface area (Å²) in [5, 5.41) is 5.80. The average Bonchev–Trinajstić information content (AvgIpc) is 3.53. The number of rotatable bonds is 3. The van der Waals surface area contributed by atoms with Crippen molar-refractivity contribution in [1.82, 2.24) is 15.3 Å². The highest BCUT2D eigenvalue weighted by Crippen LogP contribution is 2.41. The molecule has 0 unspecified atom stereocenters. The molecule has 5 rings (SSSR count). The molecular weight excluding hydrogens is 322 g/mol. The fourth-order valence-electron chi connectivity index (χ4n) is 3.82. The van der Waals surface area contributed by atoms with Gasteiger partial charge in [0.15, 0.2) is 0 Å². The van der Waals surface area contributed by atoms with Gasteiger partial charge < -0.3 is 16.0 Å². The van der Waals surface area contributed by atoms with Gasteiger partial charge in [0, 0.05) is 43.3 Å². The number of nitrogen functional groups attached to an aromatic ring is 1. The molecule has 2 aromatic heterocycles. The maximum Gasteiger partial charge on any atom is 0.136 e. The predicted molar refractivity (Wildman–Crippen MR) is 106 cm³/mol. The monoisotopic (exact) mass is 345 g/mol. The zero-order valence-corrected chi connectivity index (χ0v) is 14.8. The Morgan fingerprint density at radius 2 is 1.88 bits per heavy atom. The molecule has 1 aliphatic heterocycles. The number of aromatic nitrogens is 2. The molecule has 5 heteroatoms. The molecule has 0 spiro atoms. The van der Waals surface area contributed by atoms with E-state index in [4.69, 9.17) is 10.7 Å². The molecule has 26 heavy (non-hydrogen) atoms. The lowest BCUT2D eigenvalue weighted by molar-refractivity contribution is 0.586. The standard InChI is InChI=1S/C21H23N5/c22-20-13-17(14-1-2-14)12-19(25-20)16-4-3-15-5-6-24-21(18(15)11-16)26-9-7-23-8-10-26/h3-6,11-14,23H,1-2,7-10H2,(H2,22,25). The van der Waals surface area contributed by atoms with Gasteiger partial charge in [-0.1, -0.05) is 12.1 Å². The third kappa shape index (κ3) is 2.88. The highest BCUT2D eigenvalue weighted by atomic mass is 15.2. The van der Waals surface area contributed by atoms with Crippen molar-refractivity contribution in [2.24, 2.45) is 0 Å². The van der Waals surface area contributed by atoms with Crippen LogP contribution in [-0.2, 0) is 0 Å². The fourth-order valence-corrected chi connectivity index (χ4v) is 3.82. The van der Waals surface area contributed by atoms with Gasteiger partial charge >= 0.3 is 0 Å². The zero-order valence-electron chi connectivity index (χ0n) is 14.8. The van der Waals surface area contributed by atoms with Gasteiger partial charge in [0.25, 0.3) is 0 Å². The average molecular weight is 345 g/mol. The molecule has 2 aliphatic rings. The first-order valence-corrected chi connectivity index (χ1v) is 9.40. The second-order valence-corrected chi connectivity index (χ2v) is 7.29. The summed E-state index contributed by atoms with van der Waals surface area (Å²) in [7, 11) is 0. The lowest BCUT2D eigenvalue weighted by Crippen LogP contribution is -2.43. The van der Waals surface area contributed by atoms with Crippen molar-refractivity contribution < 1.29 is 0 Å². The molecule has 1 aliphatic carbocycles. The van der Waals surface area contributed by atoms with Crippen LogP contribution in [0.5, 0.6) is 0 Å². The molecule has 1 saturated carbocycles. The van der Waals surface area contributed by atoms with Crippen LogP contribution >= 0.6 is 0 Å². The summed E-state index contributed by atoms with van der Waals surface area (Å²) in [6.45, 7) is 3.97. The lowest BCUT2D eigenvalue weighted by atomic mass is 10.0. The van der Waals surface area contributed by atoms with Crippen LogP contribution in [0.1, 0.15) is 24.3 Å². The molecule has 0 bridgehead atoms. The number of anilines is 2. The number of nitrogens with two attached hydrogens (primary N) is 1. The van der Waals surface area contributed by atoms with Crippen molar-refractivity contribution in [3.63, 3.8) is 0 Å². The fraction of sp³-hybridized carbons (Fsp3) is 0.333. The van der Waals surface area contributed by atoms with Gasteiger partial charge in [-0.3, -0.25) is 0 Å². The second-order valence-electron chi connectivity index (χ2n) is 7.29. The Hall–Kier alpha value is -2.66. The predicted octanol–water partition coefficient (Wildman–Crippen LogP) is 3.17. The van der Waals surface area contributed by atoms with E-state index in [2.05, 4.69) is 45.5 Å². The van der Waals surface area contributed by atoms with Gasteiger partial charge in [-0.15, -0.1) is 0 Å². The van der Waals surface area contributed by atoms with Gasteiger partial charge in [-0.2, -0.15) is 0 Å². The number of hydrogen-bond acceptors (Lipinski definition) is 5. The number of nitrogens with zero attached hydrogens (tertiary/aromatic N) is 3. The van der Waals surface area contributed by atoms with Crippen molar-refractivity contribution in [1.29, 1.82) is 0 Å². The van der Waals surface area contributed by atoms with Crippen LogP contribution in [0.4, 0.5) is 11.6 Å². The Bertz CT molecular complexity index is 958. The van der Waals surface area contributed by atoms with Crippen molar-refractivity contribution in [3.05, 3.63) is 48.2 Å². The van der Waals surface area contributed by atoms with Crippen LogP contribution in [0.25, 0.3) is 22.0 Å². The number of benzene rings is 1. The van der Waals surface area contributed by atoms with Crippen molar-refractivity contribution in [2.75, 3.05) is 36.8 Å². The van der Waals surface area contributed by atoms with E-state index >= 15 is 0 Å². The van der Waals surface area contributed by atoms with Crippen LogP contribution in [0.3, 0.4) is 0 Å². The highest BCUT2D eigenvalue weighted by Gasteiger charge is 2.24. The smallest absolute Gasteiger partial charge is 0.136 e. The van der Waals surface area contributed by atoms with Crippen molar-refractivity contribution >= 4 is 22.4 Å². The van der Waals surface area contributed by atoms with E-state index in [-0.39, 0.29) is 0 Å². The Labute approximate surface area is 153 Å². The molecule has 3 N–H and O–H groups in total. The number of pyridine rings is 2. The van der Waals surface area contributed by atoms with Crippen molar-refractivity contribution in [2.45, 2.75) is 18.8 Å². The molecule has 0 radical (unpaired) electrons. The maximum atomic E-state index is 6.08.